The molecule has 29 heavy (non-hydrogen) atoms. The van der Waals surface area contributed by atoms with Gasteiger partial charge in [-0.3, -0.25) is 0 Å². The van der Waals surface area contributed by atoms with Crippen LogP contribution in [0.1, 0.15) is 42.4 Å². The highest BCUT2D eigenvalue weighted by atomic mass is 16.2. The number of carbonyl (C=O) groups is 1. The van der Waals surface area contributed by atoms with Crippen LogP contribution in [0.4, 0.5) is 4.79 Å². The van der Waals surface area contributed by atoms with Crippen LogP contribution in [0, 0.1) is 6.92 Å². The number of nitrogens with one attached hydrogen (secondary N) is 1. The van der Waals surface area contributed by atoms with Crippen LogP contribution in [0.15, 0.2) is 42.5 Å². The Balaban J connectivity index is 1.20. The Morgan fingerprint density at radius 3 is 2.72 bits per heavy atom. The van der Waals surface area contributed by atoms with E-state index in [9.17, 15) is 4.79 Å². The number of hydrogen-bond acceptors (Lipinski definition) is 3. The standard InChI is InChI=1S/C23H27N5O/c1-16-24-22-10-9-19(15-28(22)26-16)25-23(29)27-13-11-18(12-14-27)21-8-4-6-17-5-2-3-7-20(17)21/h2-8,18-19H,9-15H2,1H3,(H,25,29). The average molecular weight is 390 g/mol. The molecule has 1 aromatic heterocycles. The summed E-state index contributed by atoms with van der Waals surface area (Å²) in [6.07, 6.45) is 3.82. The number of urea groups is 1. The molecule has 1 fully saturated rings. The van der Waals surface area contributed by atoms with Gasteiger partial charge in [0.1, 0.15) is 11.6 Å². The quantitative estimate of drug-likeness (QED) is 0.728. The number of nitrogens with zero attached hydrogens (tertiary/aromatic N) is 4. The van der Waals surface area contributed by atoms with E-state index in [4.69, 9.17) is 0 Å². The van der Waals surface area contributed by atoms with Crippen molar-refractivity contribution in [1.29, 1.82) is 0 Å². The molecule has 1 unspecified atom stereocenters. The molecule has 0 radical (unpaired) electrons. The fourth-order valence-electron chi connectivity index (χ4n) is 4.82. The molecule has 150 valence electrons. The lowest BCUT2D eigenvalue weighted by Gasteiger charge is -2.34. The normalized spacial score (nSPS) is 19.9. The third-order valence-corrected chi connectivity index (χ3v) is 6.34. The van der Waals surface area contributed by atoms with Crippen molar-refractivity contribution in [3.63, 3.8) is 0 Å². The fourth-order valence-corrected chi connectivity index (χ4v) is 4.82. The number of hydrogen-bond donors (Lipinski definition) is 1. The SMILES string of the molecule is Cc1nc2n(n1)CC(NC(=O)N1CCC(c3cccc4ccccc34)CC1)CC2. The molecule has 5 rings (SSSR count). The first kappa shape index (κ1) is 18.2. The summed E-state index contributed by atoms with van der Waals surface area (Å²) in [6.45, 7) is 4.24. The van der Waals surface area contributed by atoms with Crippen molar-refractivity contribution in [2.45, 2.75) is 51.1 Å². The number of likely N-dealkylation sites (tertiary alicyclic amines) is 1. The number of carbonyl (C=O) groups excluding carboxylic acids is 1. The van der Waals surface area contributed by atoms with Crippen LogP contribution >= 0.6 is 0 Å². The second-order valence-corrected chi connectivity index (χ2v) is 8.27. The maximum atomic E-state index is 12.8. The molecule has 3 aromatic rings. The zero-order valence-corrected chi connectivity index (χ0v) is 16.8. The molecule has 2 aliphatic rings. The van der Waals surface area contributed by atoms with Crippen LogP contribution in [0.3, 0.4) is 0 Å². The molecule has 1 saturated heterocycles. The molecular weight excluding hydrogens is 362 g/mol. The summed E-state index contributed by atoms with van der Waals surface area (Å²) in [5, 5.41) is 10.3. The summed E-state index contributed by atoms with van der Waals surface area (Å²) in [7, 11) is 0. The van der Waals surface area contributed by atoms with E-state index in [1.54, 1.807) is 0 Å². The number of aryl methyl sites for hydroxylation is 2. The molecule has 0 saturated carbocycles. The highest BCUT2D eigenvalue weighted by molar-refractivity contribution is 5.86. The van der Waals surface area contributed by atoms with Gasteiger partial charge in [-0.15, -0.1) is 0 Å². The minimum atomic E-state index is 0.0617. The Labute approximate surface area is 170 Å². The van der Waals surface area contributed by atoms with E-state index < -0.39 is 0 Å². The molecule has 6 nitrogen and oxygen atoms in total. The van der Waals surface area contributed by atoms with Crippen LogP contribution in [-0.2, 0) is 13.0 Å². The van der Waals surface area contributed by atoms with Gasteiger partial charge in [-0.05, 0) is 48.4 Å². The number of fused-ring (bicyclic) bond motifs is 2. The fraction of sp³-hybridized carbons (Fsp3) is 0.435. The van der Waals surface area contributed by atoms with Crippen LogP contribution in [0.25, 0.3) is 10.8 Å². The Kier molecular flexibility index (Phi) is 4.70. The average Bonchev–Trinajstić information content (AvgIpc) is 3.13. The van der Waals surface area contributed by atoms with Crippen molar-refractivity contribution in [2.75, 3.05) is 13.1 Å². The Morgan fingerprint density at radius 2 is 1.86 bits per heavy atom. The van der Waals surface area contributed by atoms with Crippen LogP contribution in [-0.4, -0.2) is 44.8 Å². The molecule has 0 bridgehead atoms. The lowest BCUT2D eigenvalue weighted by Crippen LogP contribution is -2.49. The van der Waals surface area contributed by atoms with Crippen molar-refractivity contribution in [3.05, 3.63) is 59.7 Å². The number of benzene rings is 2. The van der Waals surface area contributed by atoms with Gasteiger partial charge in [0.05, 0.1) is 12.6 Å². The van der Waals surface area contributed by atoms with Crippen molar-refractivity contribution in [1.82, 2.24) is 25.0 Å². The van der Waals surface area contributed by atoms with Gasteiger partial charge in [-0.2, -0.15) is 5.10 Å². The number of rotatable bonds is 2. The zero-order chi connectivity index (χ0) is 19.8. The number of amides is 2. The highest BCUT2D eigenvalue weighted by Gasteiger charge is 2.28. The monoisotopic (exact) mass is 389 g/mol. The van der Waals surface area contributed by atoms with Gasteiger partial charge in [0, 0.05) is 19.5 Å². The Bertz CT molecular complexity index is 1030. The molecule has 2 amide bonds. The van der Waals surface area contributed by atoms with E-state index in [-0.39, 0.29) is 12.1 Å². The smallest absolute Gasteiger partial charge is 0.317 e. The van der Waals surface area contributed by atoms with Crippen molar-refractivity contribution >= 4 is 16.8 Å². The minimum Gasteiger partial charge on any atom is -0.333 e. The van der Waals surface area contributed by atoms with Gasteiger partial charge in [0.2, 0.25) is 0 Å². The summed E-state index contributed by atoms with van der Waals surface area (Å²) in [5.74, 6) is 2.35. The second-order valence-electron chi connectivity index (χ2n) is 8.27. The Hall–Kier alpha value is -2.89. The van der Waals surface area contributed by atoms with E-state index in [2.05, 4.69) is 57.9 Å². The number of aromatic nitrogens is 3. The first-order chi connectivity index (χ1) is 14.2. The first-order valence-electron chi connectivity index (χ1n) is 10.6. The van der Waals surface area contributed by atoms with E-state index in [0.29, 0.717) is 12.5 Å². The summed E-state index contributed by atoms with van der Waals surface area (Å²) in [5.41, 5.74) is 1.42. The third kappa shape index (κ3) is 3.59. The zero-order valence-electron chi connectivity index (χ0n) is 16.8. The molecular formula is C23H27N5O. The summed E-state index contributed by atoms with van der Waals surface area (Å²) >= 11 is 0. The van der Waals surface area contributed by atoms with Gasteiger partial charge in [-0.1, -0.05) is 42.5 Å². The second kappa shape index (κ2) is 7.50. The molecule has 6 heteroatoms. The maximum absolute atomic E-state index is 12.8. The van der Waals surface area contributed by atoms with Crippen LogP contribution < -0.4 is 5.32 Å². The van der Waals surface area contributed by atoms with Gasteiger partial charge in [0.25, 0.3) is 0 Å². The van der Waals surface area contributed by atoms with Gasteiger partial charge in [-0.25, -0.2) is 14.5 Å². The van der Waals surface area contributed by atoms with Crippen molar-refractivity contribution in [2.24, 2.45) is 0 Å². The maximum Gasteiger partial charge on any atom is 0.317 e. The number of piperidine rings is 1. The molecule has 2 aromatic carbocycles. The minimum absolute atomic E-state index is 0.0617. The van der Waals surface area contributed by atoms with Gasteiger partial charge >= 0.3 is 6.03 Å². The van der Waals surface area contributed by atoms with E-state index >= 15 is 0 Å². The lowest BCUT2D eigenvalue weighted by molar-refractivity contribution is 0.174. The van der Waals surface area contributed by atoms with Crippen LogP contribution in [0.2, 0.25) is 0 Å². The van der Waals surface area contributed by atoms with E-state index in [1.165, 1.54) is 16.3 Å². The highest BCUT2D eigenvalue weighted by Crippen LogP contribution is 2.33. The molecule has 1 atom stereocenters. The van der Waals surface area contributed by atoms with Crippen molar-refractivity contribution < 1.29 is 4.79 Å². The van der Waals surface area contributed by atoms with Crippen molar-refractivity contribution in [3.8, 4) is 0 Å². The van der Waals surface area contributed by atoms with Crippen LogP contribution in [0.5, 0.6) is 0 Å². The molecule has 0 aliphatic carbocycles. The first-order valence-corrected chi connectivity index (χ1v) is 10.6. The molecule has 2 aliphatic heterocycles. The van der Waals surface area contributed by atoms with Gasteiger partial charge < -0.3 is 10.2 Å². The summed E-state index contributed by atoms with van der Waals surface area (Å²) in [6, 6.07) is 15.4. The van der Waals surface area contributed by atoms with Gasteiger partial charge in [0.15, 0.2) is 0 Å². The molecule has 0 spiro atoms. The predicted octanol–water partition coefficient (Wildman–Crippen LogP) is 3.64. The lowest BCUT2D eigenvalue weighted by atomic mass is 9.86. The largest absolute Gasteiger partial charge is 0.333 e. The summed E-state index contributed by atoms with van der Waals surface area (Å²) in [4.78, 5) is 19.2. The molecule has 3 heterocycles. The topological polar surface area (TPSA) is 63.1 Å². The van der Waals surface area contributed by atoms with E-state index in [1.807, 2.05) is 16.5 Å². The third-order valence-electron chi connectivity index (χ3n) is 6.34. The summed E-state index contributed by atoms with van der Waals surface area (Å²) < 4.78 is 1.94. The Morgan fingerprint density at radius 1 is 1.07 bits per heavy atom. The van der Waals surface area contributed by atoms with E-state index in [0.717, 1.165) is 50.4 Å². The predicted molar refractivity (Wildman–Crippen MR) is 113 cm³/mol. The molecule has 1 N–H and O–H groups in total.